The van der Waals surface area contributed by atoms with Crippen LogP contribution in [-0.4, -0.2) is 31.8 Å². The first-order chi connectivity index (χ1) is 13.6. The molecule has 2 N–H and O–H groups in total. The van der Waals surface area contributed by atoms with Crippen LogP contribution in [0.5, 0.6) is 5.75 Å². The topological polar surface area (TPSA) is 80.0 Å². The average Bonchev–Trinajstić information content (AvgIpc) is 3.03. The molecule has 4 rings (SSSR count). The van der Waals surface area contributed by atoms with Gasteiger partial charge < -0.3 is 10.4 Å². The van der Waals surface area contributed by atoms with Crippen molar-refractivity contribution in [2.45, 2.75) is 44.9 Å². The maximum Gasteiger partial charge on any atom is 0.416 e. The minimum absolute atomic E-state index is 0.00782. The number of rotatable bonds is 2. The summed E-state index contributed by atoms with van der Waals surface area (Å²) in [6.07, 6.45) is -1.62. The number of phenolic OH excluding ortho intramolecular Hbond substituents is 1. The van der Waals surface area contributed by atoms with Crippen LogP contribution < -0.4 is 5.32 Å². The number of nitrogens with zero attached hydrogens (tertiary/aromatic N) is 3. The number of nitrogens with one attached hydrogen (secondary N) is 1. The Hall–Kier alpha value is -3.10. The van der Waals surface area contributed by atoms with E-state index in [1.54, 1.807) is 16.8 Å². The Kier molecular flexibility index (Phi) is 4.48. The molecule has 1 aliphatic rings. The number of fused-ring (bicyclic) bond motifs is 1. The zero-order valence-electron chi connectivity index (χ0n) is 15.8. The van der Waals surface area contributed by atoms with Gasteiger partial charge in [0.15, 0.2) is 5.65 Å². The smallest absolute Gasteiger partial charge is 0.416 e. The van der Waals surface area contributed by atoms with Crippen LogP contribution in [0.3, 0.4) is 0 Å². The quantitative estimate of drug-likeness (QED) is 0.677. The van der Waals surface area contributed by atoms with Crippen LogP contribution >= 0.6 is 0 Å². The number of hydrogen-bond acceptors (Lipinski definition) is 4. The zero-order valence-corrected chi connectivity index (χ0v) is 15.8. The molecule has 3 aromatic rings. The third kappa shape index (κ3) is 3.52. The first kappa shape index (κ1) is 19.2. The van der Waals surface area contributed by atoms with Crippen molar-refractivity contribution in [1.29, 1.82) is 0 Å². The first-order valence-corrected chi connectivity index (χ1v) is 9.20. The number of alkyl halides is 3. The molecule has 29 heavy (non-hydrogen) atoms. The second-order valence-electron chi connectivity index (χ2n) is 7.37. The van der Waals surface area contributed by atoms with Crippen LogP contribution in [0.1, 0.15) is 36.9 Å². The summed E-state index contributed by atoms with van der Waals surface area (Å²) < 4.78 is 40.6. The van der Waals surface area contributed by atoms with Crippen molar-refractivity contribution in [3.05, 3.63) is 41.6 Å². The highest BCUT2D eigenvalue weighted by Crippen LogP contribution is 2.38. The fourth-order valence-electron chi connectivity index (χ4n) is 3.81. The second kappa shape index (κ2) is 6.75. The molecule has 1 amide bonds. The second-order valence-corrected chi connectivity index (χ2v) is 7.37. The number of benzene rings is 1. The fraction of sp³-hybridized carbons (Fsp3) is 0.350. The summed E-state index contributed by atoms with van der Waals surface area (Å²) in [6, 6.07) is 5.03. The highest BCUT2D eigenvalue weighted by molar-refractivity contribution is 5.81. The summed E-state index contributed by atoms with van der Waals surface area (Å²) in [7, 11) is 0. The van der Waals surface area contributed by atoms with Crippen molar-refractivity contribution in [1.82, 2.24) is 20.1 Å². The minimum Gasteiger partial charge on any atom is -0.507 e. The highest BCUT2D eigenvalue weighted by Gasteiger charge is 2.32. The van der Waals surface area contributed by atoms with Crippen LogP contribution in [0, 0.1) is 6.92 Å². The normalized spacial score (nSPS) is 20.1. The van der Waals surface area contributed by atoms with Crippen molar-refractivity contribution in [3.8, 4) is 17.0 Å². The van der Waals surface area contributed by atoms with Crippen molar-refractivity contribution in [3.63, 3.8) is 0 Å². The van der Waals surface area contributed by atoms with Crippen LogP contribution in [0.25, 0.3) is 22.3 Å². The van der Waals surface area contributed by atoms with E-state index in [0.717, 1.165) is 11.5 Å². The molecular formula is C20H19F3N4O2. The number of amides is 1. The van der Waals surface area contributed by atoms with Crippen LogP contribution in [0.4, 0.5) is 13.2 Å². The lowest BCUT2D eigenvalue weighted by molar-refractivity contribution is -0.137. The lowest BCUT2D eigenvalue weighted by atomic mass is 9.99. The number of aryl methyl sites for hydroxylation is 1. The number of aromatic nitrogens is 3. The Morgan fingerprint density at radius 2 is 2.03 bits per heavy atom. The average molecular weight is 404 g/mol. The summed E-state index contributed by atoms with van der Waals surface area (Å²) in [5, 5.41) is 18.4. The molecule has 2 atom stereocenters. The zero-order chi connectivity index (χ0) is 20.9. The van der Waals surface area contributed by atoms with E-state index in [0.29, 0.717) is 30.2 Å². The lowest BCUT2D eigenvalue weighted by Gasteiger charge is -2.29. The molecule has 2 aromatic heterocycles. The number of hydrogen-bond donors (Lipinski definition) is 2. The van der Waals surface area contributed by atoms with Crippen LogP contribution in [-0.2, 0) is 11.0 Å². The van der Waals surface area contributed by atoms with E-state index in [-0.39, 0.29) is 29.1 Å². The van der Waals surface area contributed by atoms with Crippen molar-refractivity contribution < 1.29 is 23.1 Å². The summed E-state index contributed by atoms with van der Waals surface area (Å²) in [5.41, 5.74) is 0.372. The summed E-state index contributed by atoms with van der Waals surface area (Å²) in [4.78, 5) is 16.0. The molecule has 0 aliphatic carbocycles. The number of halogens is 3. The molecule has 152 valence electrons. The molecule has 0 saturated carbocycles. The highest BCUT2D eigenvalue weighted by atomic mass is 19.4. The third-order valence-corrected chi connectivity index (χ3v) is 5.26. The Morgan fingerprint density at radius 1 is 1.28 bits per heavy atom. The van der Waals surface area contributed by atoms with E-state index >= 15 is 0 Å². The Labute approximate surface area is 164 Å². The Balaban J connectivity index is 1.73. The van der Waals surface area contributed by atoms with Crippen LogP contribution in [0.2, 0.25) is 0 Å². The van der Waals surface area contributed by atoms with Gasteiger partial charge >= 0.3 is 6.18 Å². The van der Waals surface area contributed by atoms with Crippen molar-refractivity contribution >= 4 is 16.9 Å². The Morgan fingerprint density at radius 3 is 2.69 bits per heavy atom. The molecule has 1 aliphatic heterocycles. The molecule has 3 heterocycles. The standard InChI is InChI=1S/C20H19F3N4O2/c1-10-7-13(20(21,22)23)8-16(28)18(10)14-4-3-12-9-27(26-19(12)25-14)15-5-6-17(29)24-11(15)2/h3-4,7-9,11,15,28H,5-6H2,1-2H3,(H,24,29)/t11-,15-/m1/s1. The largest absolute Gasteiger partial charge is 0.507 e. The van der Waals surface area contributed by atoms with Gasteiger partial charge in [0.25, 0.3) is 0 Å². The predicted octanol–water partition coefficient (Wildman–Crippen LogP) is 3.97. The molecule has 0 unspecified atom stereocenters. The lowest BCUT2D eigenvalue weighted by Crippen LogP contribution is -2.43. The van der Waals surface area contributed by atoms with Gasteiger partial charge in [-0.1, -0.05) is 0 Å². The molecule has 1 fully saturated rings. The van der Waals surface area contributed by atoms with Gasteiger partial charge in [0.1, 0.15) is 5.75 Å². The molecule has 6 nitrogen and oxygen atoms in total. The third-order valence-electron chi connectivity index (χ3n) is 5.26. The summed E-state index contributed by atoms with van der Waals surface area (Å²) >= 11 is 0. The van der Waals surface area contributed by atoms with Gasteiger partial charge in [-0.15, -0.1) is 0 Å². The SMILES string of the molecule is Cc1cc(C(F)(F)F)cc(O)c1-c1ccc2cn([C@@H]3CCC(=O)N[C@@H]3C)nc2n1. The van der Waals surface area contributed by atoms with Crippen molar-refractivity contribution in [2.75, 3.05) is 0 Å². The number of piperidine rings is 1. The van der Waals surface area contributed by atoms with Gasteiger partial charge in [0.05, 0.1) is 17.3 Å². The van der Waals surface area contributed by atoms with E-state index in [4.69, 9.17) is 0 Å². The molecule has 1 saturated heterocycles. The Bertz CT molecular complexity index is 1080. The number of carbonyl (C=O) groups excluding carboxylic acids is 1. The minimum atomic E-state index is -4.54. The van der Waals surface area contributed by atoms with Gasteiger partial charge in [-0.3, -0.25) is 9.48 Å². The van der Waals surface area contributed by atoms with E-state index in [9.17, 15) is 23.1 Å². The molecule has 0 bridgehead atoms. The monoisotopic (exact) mass is 404 g/mol. The summed E-state index contributed by atoms with van der Waals surface area (Å²) in [6.45, 7) is 3.41. The van der Waals surface area contributed by atoms with Gasteiger partial charge in [0, 0.05) is 29.6 Å². The molecule has 0 radical (unpaired) electrons. The number of aromatic hydroxyl groups is 1. The van der Waals surface area contributed by atoms with Gasteiger partial charge in [0.2, 0.25) is 5.91 Å². The van der Waals surface area contributed by atoms with E-state index in [1.165, 1.54) is 6.92 Å². The maximum absolute atomic E-state index is 13.0. The van der Waals surface area contributed by atoms with Gasteiger partial charge in [-0.05, 0) is 50.1 Å². The number of phenols is 1. The van der Waals surface area contributed by atoms with E-state index < -0.39 is 17.5 Å². The van der Waals surface area contributed by atoms with Gasteiger partial charge in [-0.2, -0.15) is 18.3 Å². The maximum atomic E-state index is 13.0. The number of pyridine rings is 1. The first-order valence-electron chi connectivity index (χ1n) is 9.20. The number of carbonyl (C=O) groups is 1. The summed E-state index contributed by atoms with van der Waals surface area (Å²) in [5.74, 6) is -0.466. The van der Waals surface area contributed by atoms with Crippen molar-refractivity contribution in [2.24, 2.45) is 0 Å². The van der Waals surface area contributed by atoms with Gasteiger partial charge in [-0.25, -0.2) is 4.98 Å². The molecule has 0 spiro atoms. The van der Waals surface area contributed by atoms with E-state index in [1.807, 2.05) is 13.1 Å². The molecule has 1 aromatic carbocycles. The predicted molar refractivity (Wildman–Crippen MR) is 100 cm³/mol. The fourth-order valence-corrected chi connectivity index (χ4v) is 3.81. The molecular weight excluding hydrogens is 385 g/mol. The van der Waals surface area contributed by atoms with Crippen LogP contribution in [0.15, 0.2) is 30.5 Å². The van der Waals surface area contributed by atoms with E-state index in [2.05, 4.69) is 15.4 Å². The molecule has 9 heteroatoms.